The van der Waals surface area contributed by atoms with Crippen molar-refractivity contribution in [2.45, 2.75) is 19.9 Å². The number of rotatable bonds is 8. The standard InChI is InChI=1S/C23H31N3O3/c1-4-18-5-8-20(9-6-18)24-23(27)17-26-13-11-25(12-14-26)16-19-7-10-21(28-2)22(15-19)29-3/h5-10,15H,4,11-14,16-17H2,1-3H3,(H,24,27)/p+2. The first-order valence-electron chi connectivity index (χ1n) is 10.4. The smallest absolute Gasteiger partial charge is 0.279 e. The van der Waals surface area contributed by atoms with Crippen LogP contribution in [0.2, 0.25) is 0 Å². The first kappa shape index (κ1) is 21.1. The Bertz CT molecular complexity index is 800. The van der Waals surface area contributed by atoms with E-state index in [0.717, 1.165) is 56.3 Å². The molecule has 1 saturated heterocycles. The van der Waals surface area contributed by atoms with Gasteiger partial charge in [0.1, 0.15) is 32.7 Å². The molecule has 0 aliphatic carbocycles. The zero-order chi connectivity index (χ0) is 20.6. The Labute approximate surface area is 173 Å². The monoisotopic (exact) mass is 399 g/mol. The van der Waals surface area contributed by atoms with Gasteiger partial charge in [-0.15, -0.1) is 0 Å². The van der Waals surface area contributed by atoms with Crippen LogP contribution in [0.5, 0.6) is 11.5 Å². The maximum Gasteiger partial charge on any atom is 0.279 e. The van der Waals surface area contributed by atoms with Crippen LogP contribution in [-0.2, 0) is 17.8 Å². The fourth-order valence-electron chi connectivity index (χ4n) is 3.85. The number of carbonyl (C=O) groups is 1. The van der Waals surface area contributed by atoms with Crippen molar-refractivity contribution in [3.8, 4) is 11.5 Å². The van der Waals surface area contributed by atoms with Crippen LogP contribution in [0, 0.1) is 0 Å². The van der Waals surface area contributed by atoms with E-state index in [0.29, 0.717) is 6.54 Å². The van der Waals surface area contributed by atoms with Gasteiger partial charge in [0.2, 0.25) is 0 Å². The number of anilines is 1. The topological polar surface area (TPSA) is 56.4 Å². The van der Waals surface area contributed by atoms with Crippen LogP contribution >= 0.6 is 0 Å². The van der Waals surface area contributed by atoms with E-state index in [1.54, 1.807) is 14.2 Å². The fourth-order valence-corrected chi connectivity index (χ4v) is 3.85. The highest BCUT2D eigenvalue weighted by molar-refractivity contribution is 5.91. The van der Waals surface area contributed by atoms with Gasteiger partial charge < -0.3 is 24.6 Å². The zero-order valence-corrected chi connectivity index (χ0v) is 17.7. The molecule has 6 nitrogen and oxygen atoms in total. The summed E-state index contributed by atoms with van der Waals surface area (Å²) in [7, 11) is 3.32. The third-order valence-corrected chi connectivity index (χ3v) is 5.62. The molecule has 6 heteroatoms. The lowest BCUT2D eigenvalue weighted by molar-refractivity contribution is -1.02. The minimum atomic E-state index is 0.0904. The van der Waals surface area contributed by atoms with E-state index < -0.39 is 0 Å². The van der Waals surface area contributed by atoms with Gasteiger partial charge in [-0.1, -0.05) is 19.1 Å². The first-order chi connectivity index (χ1) is 14.1. The van der Waals surface area contributed by atoms with Crippen molar-refractivity contribution in [2.24, 2.45) is 0 Å². The van der Waals surface area contributed by atoms with Gasteiger partial charge >= 0.3 is 0 Å². The second-order valence-corrected chi connectivity index (χ2v) is 7.64. The highest BCUT2D eigenvalue weighted by Gasteiger charge is 2.25. The van der Waals surface area contributed by atoms with Crippen molar-refractivity contribution >= 4 is 11.6 Å². The molecule has 1 fully saturated rings. The van der Waals surface area contributed by atoms with Gasteiger partial charge in [-0.25, -0.2) is 0 Å². The van der Waals surface area contributed by atoms with Crippen molar-refractivity contribution in [2.75, 3.05) is 52.3 Å². The van der Waals surface area contributed by atoms with Crippen molar-refractivity contribution in [1.82, 2.24) is 0 Å². The number of aryl methyl sites for hydroxylation is 1. The number of hydrogen-bond acceptors (Lipinski definition) is 3. The molecule has 3 rings (SSSR count). The van der Waals surface area contributed by atoms with E-state index in [4.69, 9.17) is 9.47 Å². The van der Waals surface area contributed by atoms with E-state index in [9.17, 15) is 4.79 Å². The minimum Gasteiger partial charge on any atom is -0.493 e. The molecule has 29 heavy (non-hydrogen) atoms. The second-order valence-electron chi connectivity index (χ2n) is 7.64. The van der Waals surface area contributed by atoms with Crippen molar-refractivity contribution in [3.63, 3.8) is 0 Å². The Balaban J connectivity index is 1.44. The van der Waals surface area contributed by atoms with Gasteiger partial charge in [-0.2, -0.15) is 0 Å². The summed E-state index contributed by atoms with van der Waals surface area (Å²) in [6.07, 6.45) is 1.01. The van der Waals surface area contributed by atoms with Gasteiger partial charge in [0.15, 0.2) is 18.0 Å². The number of benzene rings is 2. The van der Waals surface area contributed by atoms with Crippen LogP contribution < -0.4 is 24.6 Å². The van der Waals surface area contributed by atoms with Crippen molar-refractivity contribution in [1.29, 1.82) is 0 Å². The Morgan fingerprint density at radius 2 is 1.52 bits per heavy atom. The lowest BCUT2D eigenvalue weighted by Gasteiger charge is -2.29. The molecular formula is C23H33N3O3+2. The number of amides is 1. The maximum atomic E-state index is 12.4. The van der Waals surface area contributed by atoms with Gasteiger partial charge in [0, 0.05) is 11.3 Å². The number of carbonyl (C=O) groups excluding carboxylic acids is 1. The van der Waals surface area contributed by atoms with E-state index in [2.05, 4.69) is 36.5 Å². The second kappa shape index (κ2) is 10.3. The van der Waals surface area contributed by atoms with Gasteiger partial charge in [0.05, 0.1) is 14.2 Å². The average Bonchev–Trinajstić information content (AvgIpc) is 2.75. The third kappa shape index (κ3) is 5.95. The molecule has 3 N–H and O–H groups in total. The summed E-state index contributed by atoms with van der Waals surface area (Å²) in [6, 6.07) is 14.2. The molecule has 1 heterocycles. The van der Waals surface area contributed by atoms with Gasteiger partial charge in [-0.05, 0) is 42.3 Å². The fraction of sp³-hybridized carbons (Fsp3) is 0.435. The quantitative estimate of drug-likeness (QED) is 0.594. The molecule has 2 aromatic rings. The molecule has 0 unspecified atom stereocenters. The summed E-state index contributed by atoms with van der Waals surface area (Å²) in [5, 5.41) is 3.02. The summed E-state index contributed by atoms with van der Waals surface area (Å²) < 4.78 is 10.7. The van der Waals surface area contributed by atoms with Crippen LogP contribution in [0.1, 0.15) is 18.1 Å². The number of ether oxygens (including phenoxy) is 2. The predicted molar refractivity (Wildman–Crippen MR) is 114 cm³/mol. The van der Waals surface area contributed by atoms with Gasteiger partial charge in [0.25, 0.3) is 5.91 Å². The largest absolute Gasteiger partial charge is 0.493 e. The predicted octanol–water partition coefficient (Wildman–Crippen LogP) is 0.188. The van der Waals surface area contributed by atoms with E-state index in [1.165, 1.54) is 20.9 Å². The molecule has 0 radical (unpaired) electrons. The third-order valence-electron chi connectivity index (χ3n) is 5.62. The van der Waals surface area contributed by atoms with Crippen LogP contribution in [0.3, 0.4) is 0 Å². The number of nitrogens with one attached hydrogen (secondary N) is 3. The molecule has 1 aliphatic rings. The van der Waals surface area contributed by atoms with Crippen LogP contribution in [0.4, 0.5) is 5.69 Å². The average molecular weight is 400 g/mol. The molecule has 0 saturated carbocycles. The molecule has 0 bridgehead atoms. The molecule has 1 aliphatic heterocycles. The summed E-state index contributed by atoms with van der Waals surface area (Å²) in [4.78, 5) is 15.3. The lowest BCUT2D eigenvalue weighted by Crippen LogP contribution is -3.28. The summed E-state index contributed by atoms with van der Waals surface area (Å²) in [5.74, 6) is 1.63. The van der Waals surface area contributed by atoms with E-state index in [1.807, 2.05) is 18.2 Å². The minimum absolute atomic E-state index is 0.0904. The SMILES string of the molecule is CCc1ccc(NC(=O)C[NH+]2CC[NH+](Cc3ccc(OC)c(OC)c3)CC2)cc1. The zero-order valence-electron chi connectivity index (χ0n) is 17.7. The highest BCUT2D eigenvalue weighted by Crippen LogP contribution is 2.27. The Morgan fingerprint density at radius 3 is 2.14 bits per heavy atom. The molecule has 1 amide bonds. The summed E-state index contributed by atoms with van der Waals surface area (Å²) >= 11 is 0. The maximum absolute atomic E-state index is 12.4. The molecule has 0 atom stereocenters. The summed E-state index contributed by atoms with van der Waals surface area (Å²) in [6.45, 7) is 7.74. The van der Waals surface area contributed by atoms with Crippen molar-refractivity contribution in [3.05, 3.63) is 53.6 Å². The Morgan fingerprint density at radius 1 is 0.897 bits per heavy atom. The van der Waals surface area contributed by atoms with Crippen molar-refractivity contribution < 1.29 is 24.1 Å². The highest BCUT2D eigenvalue weighted by atomic mass is 16.5. The molecule has 0 spiro atoms. The Kier molecular flexibility index (Phi) is 7.49. The van der Waals surface area contributed by atoms with E-state index in [-0.39, 0.29) is 5.91 Å². The van der Waals surface area contributed by atoms with Crippen LogP contribution in [0.25, 0.3) is 0 Å². The number of quaternary nitrogens is 2. The lowest BCUT2D eigenvalue weighted by atomic mass is 10.1. The van der Waals surface area contributed by atoms with Crippen LogP contribution in [-0.4, -0.2) is 52.9 Å². The van der Waals surface area contributed by atoms with E-state index >= 15 is 0 Å². The first-order valence-corrected chi connectivity index (χ1v) is 10.4. The molecule has 156 valence electrons. The normalized spacial score (nSPS) is 18.9. The summed E-state index contributed by atoms with van der Waals surface area (Å²) in [5.41, 5.74) is 3.40. The molecule has 0 aromatic heterocycles. The molecular weight excluding hydrogens is 366 g/mol. The number of methoxy groups -OCH3 is 2. The molecule has 2 aromatic carbocycles. The van der Waals surface area contributed by atoms with Crippen LogP contribution in [0.15, 0.2) is 42.5 Å². The van der Waals surface area contributed by atoms with Gasteiger partial charge in [-0.3, -0.25) is 4.79 Å². The Hall–Kier alpha value is -2.57. The number of piperazine rings is 1. The number of hydrogen-bond donors (Lipinski definition) is 3.